The second kappa shape index (κ2) is 3.61. The van der Waals surface area contributed by atoms with E-state index >= 15 is 0 Å². The molecule has 4 aromatic rings. The highest BCUT2D eigenvalue weighted by Crippen LogP contribution is 2.21. The number of hydrogen-bond donors (Lipinski definition) is 1. The Labute approximate surface area is 119 Å². The summed E-state index contributed by atoms with van der Waals surface area (Å²) in [6.07, 6.45) is 9.37. The van der Waals surface area contributed by atoms with Gasteiger partial charge in [-0.15, -0.1) is 0 Å². The number of benzene rings is 1. The van der Waals surface area contributed by atoms with E-state index < -0.39 is 0 Å². The van der Waals surface area contributed by atoms with Gasteiger partial charge in [0.25, 0.3) is 11.2 Å². The SMILES string of the molecule is O=c1cc2cccc3[nH+]c4c5c(cn4c([nH]1)c23)CC=CC=5. The number of rotatable bonds is 0. The first-order valence-corrected chi connectivity index (χ1v) is 6.99. The van der Waals surface area contributed by atoms with Gasteiger partial charge in [-0.25, -0.2) is 4.98 Å². The van der Waals surface area contributed by atoms with Gasteiger partial charge in [0.2, 0.25) is 5.65 Å². The van der Waals surface area contributed by atoms with Gasteiger partial charge in [-0.2, -0.15) is 4.40 Å². The fourth-order valence-electron chi connectivity index (χ4n) is 3.31. The third kappa shape index (κ3) is 1.34. The van der Waals surface area contributed by atoms with Gasteiger partial charge in [0.15, 0.2) is 0 Å². The Bertz CT molecular complexity index is 1180. The molecule has 4 nitrogen and oxygen atoms in total. The van der Waals surface area contributed by atoms with Gasteiger partial charge in [-0.1, -0.05) is 24.3 Å². The van der Waals surface area contributed by atoms with Crippen LogP contribution in [0, 0.1) is 0 Å². The summed E-state index contributed by atoms with van der Waals surface area (Å²) in [7, 11) is 0. The molecule has 3 aromatic heterocycles. The summed E-state index contributed by atoms with van der Waals surface area (Å²) in [4.78, 5) is 18.4. The van der Waals surface area contributed by atoms with Crippen molar-refractivity contribution < 1.29 is 4.98 Å². The minimum atomic E-state index is -0.0729. The molecule has 1 aromatic carbocycles. The molecule has 100 valence electrons. The zero-order valence-electron chi connectivity index (χ0n) is 11.2. The molecule has 0 unspecified atom stereocenters. The standard InChI is InChI=1S/C17H11N3O/c21-14-8-10-5-3-7-13-15(10)17(19-14)20-9-11-4-1-2-6-12(11)16(20)18-13/h1-3,5-9H,4H2,(H,19,21)/p+1. The molecule has 0 aliphatic heterocycles. The number of aromatic nitrogens is 3. The molecule has 3 heterocycles. The molecule has 21 heavy (non-hydrogen) atoms. The Morgan fingerprint density at radius 1 is 1.29 bits per heavy atom. The molecule has 0 saturated heterocycles. The lowest BCUT2D eigenvalue weighted by Gasteiger charge is -2.02. The summed E-state index contributed by atoms with van der Waals surface area (Å²) in [5.41, 5.74) is 4.11. The van der Waals surface area contributed by atoms with E-state index in [1.165, 1.54) is 10.8 Å². The first-order valence-electron chi connectivity index (χ1n) is 6.99. The average molecular weight is 274 g/mol. The maximum absolute atomic E-state index is 11.9. The van der Waals surface area contributed by atoms with Crippen molar-refractivity contribution in [2.45, 2.75) is 6.42 Å². The van der Waals surface area contributed by atoms with Gasteiger partial charge in [0.1, 0.15) is 11.7 Å². The van der Waals surface area contributed by atoms with Gasteiger partial charge >= 0.3 is 0 Å². The van der Waals surface area contributed by atoms with Crippen LogP contribution in [0.4, 0.5) is 0 Å². The van der Waals surface area contributed by atoms with E-state index in [9.17, 15) is 4.79 Å². The van der Waals surface area contributed by atoms with Gasteiger partial charge in [-0.3, -0.25) is 9.78 Å². The molecule has 0 amide bonds. The monoisotopic (exact) mass is 274 g/mol. The van der Waals surface area contributed by atoms with E-state index in [1.807, 2.05) is 18.2 Å². The van der Waals surface area contributed by atoms with Crippen LogP contribution in [-0.2, 0) is 6.42 Å². The molecule has 0 radical (unpaired) electrons. The molecular formula is C17H12N3O+. The van der Waals surface area contributed by atoms with Gasteiger partial charge in [0.05, 0.1) is 10.6 Å². The van der Waals surface area contributed by atoms with Crippen LogP contribution < -0.4 is 15.8 Å². The zero-order chi connectivity index (χ0) is 14.0. The molecule has 1 aliphatic carbocycles. The lowest BCUT2D eigenvalue weighted by atomic mass is 10.1. The number of H-pyrrole nitrogens is 2. The summed E-state index contributed by atoms with van der Waals surface area (Å²) < 4.78 is 2.06. The molecule has 0 spiro atoms. The topological polar surface area (TPSA) is 51.4 Å². The van der Waals surface area contributed by atoms with Crippen LogP contribution in [0.3, 0.4) is 0 Å². The highest BCUT2D eigenvalue weighted by molar-refractivity contribution is 6.04. The predicted molar refractivity (Wildman–Crippen MR) is 82.1 cm³/mol. The Hall–Kier alpha value is -2.88. The van der Waals surface area contributed by atoms with E-state index in [-0.39, 0.29) is 5.56 Å². The van der Waals surface area contributed by atoms with Crippen molar-refractivity contribution in [2.75, 3.05) is 0 Å². The lowest BCUT2D eigenvalue weighted by molar-refractivity contribution is -0.316. The maximum atomic E-state index is 11.9. The third-order valence-corrected chi connectivity index (χ3v) is 4.22. The summed E-state index contributed by atoms with van der Waals surface area (Å²) in [6, 6.07) is 7.64. The largest absolute Gasteiger partial charge is 0.293 e. The second-order valence-electron chi connectivity index (χ2n) is 5.46. The first kappa shape index (κ1) is 10.9. The Morgan fingerprint density at radius 2 is 2.24 bits per heavy atom. The predicted octanol–water partition coefficient (Wildman–Crippen LogP) is 1.36. The number of fused-ring (bicyclic) bond motifs is 4. The highest BCUT2D eigenvalue weighted by Gasteiger charge is 2.19. The van der Waals surface area contributed by atoms with Crippen molar-refractivity contribution >= 4 is 33.7 Å². The number of nitrogens with one attached hydrogen (secondary N) is 2. The van der Waals surface area contributed by atoms with E-state index in [0.717, 1.165) is 34.0 Å². The fourth-order valence-corrected chi connectivity index (χ4v) is 3.31. The van der Waals surface area contributed by atoms with E-state index in [4.69, 9.17) is 0 Å². The van der Waals surface area contributed by atoms with Crippen LogP contribution in [-0.4, -0.2) is 9.38 Å². The van der Waals surface area contributed by atoms with E-state index in [2.05, 4.69) is 38.8 Å². The molecule has 0 saturated carbocycles. The molecule has 1 aliphatic rings. The smallest absolute Gasteiger partial charge is 0.288 e. The lowest BCUT2D eigenvalue weighted by Crippen LogP contribution is -2.20. The zero-order valence-corrected chi connectivity index (χ0v) is 11.2. The highest BCUT2D eigenvalue weighted by atomic mass is 16.1. The number of allylic oxidation sites excluding steroid dienone is 2. The van der Waals surface area contributed by atoms with Crippen LogP contribution in [0.5, 0.6) is 0 Å². The van der Waals surface area contributed by atoms with Crippen molar-refractivity contribution in [1.82, 2.24) is 9.38 Å². The molecule has 0 fully saturated rings. The second-order valence-corrected chi connectivity index (χ2v) is 5.46. The molecule has 2 N–H and O–H groups in total. The summed E-state index contributed by atoms with van der Waals surface area (Å²) >= 11 is 0. The number of nitrogens with zero attached hydrogens (tertiary/aromatic N) is 1. The van der Waals surface area contributed by atoms with Crippen molar-refractivity contribution in [3.63, 3.8) is 0 Å². The van der Waals surface area contributed by atoms with Gasteiger partial charge in [0, 0.05) is 11.6 Å². The van der Waals surface area contributed by atoms with Gasteiger partial charge in [-0.05, 0) is 23.9 Å². The summed E-state index contributed by atoms with van der Waals surface area (Å²) in [5.74, 6) is 0. The van der Waals surface area contributed by atoms with Crippen LogP contribution in [0.2, 0.25) is 0 Å². The fraction of sp³-hybridized carbons (Fsp3) is 0.0588. The Balaban J connectivity index is 2.17. The molecular weight excluding hydrogens is 262 g/mol. The normalized spacial score (nSPS) is 13.9. The van der Waals surface area contributed by atoms with Crippen LogP contribution in [0.25, 0.3) is 33.7 Å². The number of hydrogen-bond acceptors (Lipinski definition) is 1. The van der Waals surface area contributed by atoms with Crippen molar-refractivity contribution in [3.8, 4) is 0 Å². The summed E-state index contributed by atoms with van der Waals surface area (Å²) in [6.45, 7) is 0. The third-order valence-electron chi connectivity index (χ3n) is 4.22. The Morgan fingerprint density at radius 3 is 3.19 bits per heavy atom. The van der Waals surface area contributed by atoms with Crippen LogP contribution in [0.15, 0.2) is 47.4 Å². The van der Waals surface area contributed by atoms with Crippen LogP contribution in [0.1, 0.15) is 5.56 Å². The molecule has 5 rings (SSSR count). The Kier molecular flexibility index (Phi) is 1.86. The van der Waals surface area contributed by atoms with Crippen molar-refractivity contribution in [2.24, 2.45) is 0 Å². The molecule has 0 atom stereocenters. The molecule has 4 heteroatoms. The van der Waals surface area contributed by atoms with Crippen molar-refractivity contribution in [1.29, 1.82) is 0 Å². The van der Waals surface area contributed by atoms with E-state index in [0.29, 0.717) is 0 Å². The minimum absolute atomic E-state index is 0.0729. The number of pyridine rings is 1. The van der Waals surface area contributed by atoms with Crippen molar-refractivity contribution in [3.05, 3.63) is 63.8 Å². The van der Waals surface area contributed by atoms with Crippen LogP contribution >= 0.6 is 0 Å². The first-order chi connectivity index (χ1) is 10.3. The number of aromatic amines is 2. The average Bonchev–Trinajstić information content (AvgIpc) is 2.86. The summed E-state index contributed by atoms with van der Waals surface area (Å²) in [5, 5.41) is 3.22. The van der Waals surface area contributed by atoms with Gasteiger partial charge < -0.3 is 0 Å². The maximum Gasteiger partial charge on any atom is 0.293 e. The van der Waals surface area contributed by atoms with E-state index in [1.54, 1.807) is 6.07 Å². The molecule has 0 bridgehead atoms. The quantitative estimate of drug-likeness (QED) is 0.517. The minimum Gasteiger partial charge on any atom is -0.288 e.